The predicted octanol–water partition coefficient (Wildman–Crippen LogP) is 3.18. The summed E-state index contributed by atoms with van der Waals surface area (Å²) in [5, 5.41) is 10.9. The number of oxazole rings is 1. The normalized spacial score (nSPS) is 10.9. The number of carboxylic acid groups (broad SMARTS) is 1. The van der Waals surface area contributed by atoms with E-state index in [0.29, 0.717) is 23.4 Å². The van der Waals surface area contributed by atoms with Gasteiger partial charge in [-0.25, -0.2) is 9.78 Å². The van der Waals surface area contributed by atoms with Crippen molar-refractivity contribution in [3.05, 3.63) is 52.0 Å². The summed E-state index contributed by atoms with van der Waals surface area (Å²) in [4.78, 5) is 16.3. The minimum absolute atomic E-state index is 0.221. The number of benzene rings is 1. The van der Waals surface area contributed by atoms with E-state index in [0.717, 1.165) is 0 Å². The molecule has 18 heavy (non-hydrogen) atoms. The molecule has 0 saturated heterocycles. The summed E-state index contributed by atoms with van der Waals surface area (Å²) in [7, 11) is 0. The van der Waals surface area contributed by atoms with E-state index in [1.165, 1.54) is 17.0 Å². The molecule has 1 aromatic carbocycles. The van der Waals surface area contributed by atoms with Crippen LogP contribution in [0.1, 0.15) is 21.1 Å². The van der Waals surface area contributed by atoms with Gasteiger partial charge >= 0.3 is 5.97 Å². The zero-order valence-corrected chi connectivity index (χ0v) is 10.1. The molecule has 0 aliphatic rings. The molecule has 0 unspecified atom stereocenters. The van der Waals surface area contributed by atoms with Crippen molar-refractivity contribution in [2.45, 2.75) is 6.42 Å². The van der Waals surface area contributed by atoms with Gasteiger partial charge in [-0.3, -0.25) is 0 Å². The van der Waals surface area contributed by atoms with E-state index in [9.17, 15) is 4.79 Å². The summed E-state index contributed by atoms with van der Waals surface area (Å²) >= 11 is 1.64. The zero-order chi connectivity index (χ0) is 12.5. The largest absolute Gasteiger partial charge is 0.478 e. The lowest BCUT2D eigenvalue weighted by atomic mass is 10.2. The average molecular weight is 259 g/mol. The number of hydrogen-bond donors (Lipinski definition) is 1. The Labute approximate surface area is 107 Å². The highest BCUT2D eigenvalue weighted by Crippen LogP contribution is 2.20. The second kappa shape index (κ2) is 4.27. The van der Waals surface area contributed by atoms with Crippen molar-refractivity contribution >= 4 is 28.4 Å². The first-order chi connectivity index (χ1) is 8.72. The van der Waals surface area contributed by atoms with Crippen molar-refractivity contribution in [1.29, 1.82) is 0 Å². The highest BCUT2D eigenvalue weighted by molar-refractivity contribution is 7.09. The molecular weight excluding hydrogens is 250 g/mol. The molecule has 4 nitrogen and oxygen atoms in total. The van der Waals surface area contributed by atoms with Crippen molar-refractivity contribution in [2.24, 2.45) is 0 Å². The third-order valence-corrected chi connectivity index (χ3v) is 3.46. The van der Waals surface area contributed by atoms with Gasteiger partial charge in [0.2, 0.25) is 5.89 Å². The number of aromatic carboxylic acids is 1. The van der Waals surface area contributed by atoms with Crippen LogP contribution in [-0.2, 0) is 6.42 Å². The van der Waals surface area contributed by atoms with Gasteiger partial charge in [-0.1, -0.05) is 6.07 Å². The average Bonchev–Trinajstić information content (AvgIpc) is 2.96. The van der Waals surface area contributed by atoms with Gasteiger partial charge in [0, 0.05) is 4.88 Å². The van der Waals surface area contributed by atoms with Crippen molar-refractivity contribution in [2.75, 3.05) is 0 Å². The van der Waals surface area contributed by atoms with Gasteiger partial charge < -0.3 is 9.52 Å². The number of thiophene rings is 1. The zero-order valence-electron chi connectivity index (χ0n) is 9.29. The SMILES string of the molecule is O=C(O)c1ccc2oc(Cc3cccs3)nc2c1. The van der Waals surface area contributed by atoms with E-state index in [4.69, 9.17) is 9.52 Å². The number of aromatic nitrogens is 1. The molecule has 0 amide bonds. The highest BCUT2D eigenvalue weighted by atomic mass is 32.1. The maximum absolute atomic E-state index is 10.9. The maximum atomic E-state index is 10.9. The Morgan fingerprint density at radius 2 is 2.28 bits per heavy atom. The van der Waals surface area contributed by atoms with E-state index in [2.05, 4.69) is 4.98 Å². The summed E-state index contributed by atoms with van der Waals surface area (Å²) in [5.41, 5.74) is 1.42. The Balaban J connectivity index is 1.98. The van der Waals surface area contributed by atoms with Gasteiger partial charge in [-0.15, -0.1) is 11.3 Å². The van der Waals surface area contributed by atoms with Crippen LogP contribution in [0.2, 0.25) is 0 Å². The van der Waals surface area contributed by atoms with Crippen LogP contribution < -0.4 is 0 Å². The molecular formula is C13H9NO3S. The second-order valence-corrected chi connectivity index (χ2v) is 4.88. The highest BCUT2D eigenvalue weighted by Gasteiger charge is 2.10. The minimum Gasteiger partial charge on any atom is -0.478 e. The molecule has 0 spiro atoms. The Hall–Kier alpha value is -2.14. The fourth-order valence-electron chi connectivity index (χ4n) is 1.75. The number of carboxylic acids is 1. The fraction of sp³-hybridized carbons (Fsp3) is 0.0769. The van der Waals surface area contributed by atoms with Gasteiger partial charge in [0.05, 0.1) is 12.0 Å². The van der Waals surface area contributed by atoms with Crippen LogP contribution in [0.15, 0.2) is 40.1 Å². The number of nitrogens with zero attached hydrogens (tertiary/aromatic N) is 1. The van der Waals surface area contributed by atoms with E-state index < -0.39 is 5.97 Å². The topological polar surface area (TPSA) is 63.3 Å². The molecule has 0 saturated carbocycles. The molecule has 0 bridgehead atoms. The van der Waals surface area contributed by atoms with Crippen LogP contribution in [-0.4, -0.2) is 16.1 Å². The smallest absolute Gasteiger partial charge is 0.335 e. The van der Waals surface area contributed by atoms with Crippen LogP contribution >= 0.6 is 11.3 Å². The van der Waals surface area contributed by atoms with Gasteiger partial charge in [0.25, 0.3) is 0 Å². The standard InChI is InChI=1S/C13H9NO3S/c15-13(16)8-3-4-11-10(6-8)14-12(17-11)7-9-2-1-5-18-9/h1-6H,7H2,(H,15,16). The van der Waals surface area contributed by atoms with E-state index in [-0.39, 0.29) is 5.56 Å². The van der Waals surface area contributed by atoms with Crippen LogP contribution in [0.4, 0.5) is 0 Å². The molecule has 2 aromatic heterocycles. The number of rotatable bonds is 3. The van der Waals surface area contributed by atoms with Crippen molar-refractivity contribution in [1.82, 2.24) is 4.98 Å². The first-order valence-corrected chi connectivity index (χ1v) is 6.25. The molecule has 3 aromatic rings. The first kappa shape index (κ1) is 11.0. The molecule has 0 radical (unpaired) electrons. The lowest BCUT2D eigenvalue weighted by molar-refractivity contribution is 0.0697. The summed E-state index contributed by atoms with van der Waals surface area (Å²) in [6.45, 7) is 0. The molecule has 0 atom stereocenters. The van der Waals surface area contributed by atoms with E-state index in [1.54, 1.807) is 17.4 Å². The Morgan fingerprint density at radius 1 is 1.39 bits per heavy atom. The lowest BCUT2D eigenvalue weighted by Crippen LogP contribution is -1.94. The molecule has 1 N–H and O–H groups in total. The first-order valence-electron chi connectivity index (χ1n) is 5.37. The summed E-state index contributed by atoms with van der Waals surface area (Å²) in [6.07, 6.45) is 0.634. The monoisotopic (exact) mass is 259 g/mol. The predicted molar refractivity (Wildman–Crippen MR) is 68.1 cm³/mol. The van der Waals surface area contributed by atoms with Crippen LogP contribution in [0.25, 0.3) is 11.1 Å². The molecule has 2 heterocycles. The third kappa shape index (κ3) is 2.00. The lowest BCUT2D eigenvalue weighted by Gasteiger charge is -1.91. The van der Waals surface area contributed by atoms with Crippen LogP contribution in [0.3, 0.4) is 0 Å². The molecule has 0 aliphatic carbocycles. The van der Waals surface area contributed by atoms with Gasteiger partial charge in [-0.2, -0.15) is 0 Å². The number of carbonyl (C=O) groups is 1. The fourth-order valence-corrected chi connectivity index (χ4v) is 2.44. The minimum atomic E-state index is -0.959. The van der Waals surface area contributed by atoms with Gasteiger partial charge in [-0.05, 0) is 29.6 Å². The van der Waals surface area contributed by atoms with Crippen molar-refractivity contribution < 1.29 is 14.3 Å². The number of hydrogen-bond acceptors (Lipinski definition) is 4. The van der Waals surface area contributed by atoms with Crippen LogP contribution in [0, 0.1) is 0 Å². The van der Waals surface area contributed by atoms with Gasteiger partial charge in [0.15, 0.2) is 5.58 Å². The van der Waals surface area contributed by atoms with Crippen molar-refractivity contribution in [3.8, 4) is 0 Å². The molecule has 3 rings (SSSR count). The summed E-state index contributed by atoms with van der Waals surface area (Å²) in [6, 6.07) is 8.68. The molecule has 0 fully saturated rings. The maximum Gasteiger partial charge on any atom is 0.335 e. The van der Waals surface area contributed by atoms with Gasteiger partial charge in [0.1, 0.15) is 5.52 Å². The summed E-state index contributed by atoms with van der Waals surface area (Å²) < 4.78 is 5.58. The third-order valence-electron chi connectivity index (χ3n) is 2.58. The Bertz CT molecular complexity index is 700. The van der Waals surface area contributed by atoms with Crippen LogP contribution in [0.5, 0.6) is 0 Å². The summed E-state index contributed by atoms with van der Waals surface area (Å²) in [5.74, 6) is -0.352. The Kier molecular flexibility index (Phi) is 2.60. The Morgan fingerprint density at radius 3 is 3.00 bits per heavy atom. The van der Waals surface area contributed by atoms with Crippen molar-refractivity contribution in [3.63, 3.8) is 0 Å². The van der Waals surface area contributed by atoms with E-state index in [1.807, 2.05) is 17.5 Å². The quantitative estimate of drug-likeness (QED) is 0.784. The molecule has 0 aliphatic heterocycles. The molecule has 5 heteroatoms. The molecule has 90 valence electrons. The van der Waals surface area contributed by atoms with E-state index >= 15 is 0 Å². The second-order valence-electron chi connectivity index (χ2n) is 3.85. The number of fused-ring (bicyclic) bond motifs is 1.